The minimum Gasteiger partial charge on any atom is -0.314 e. The molecule has 6 heteroatoms. The summed E-state index contributed by atoms with van der Waals surface area (Å²) in [5.41, 5.74) is 1.09. The zero-order valence-electron chi connectivity index (χ0n) is 11.0. The quantitative estimate of drug-likeness (QED) is 0.871. The average molecular weight is 279 g/mol. The van der Waals surface area contributed by atoms with Crippen LogP contribution in [0.1, 0.15) is 18.1 Å². The summed E-state index contributed by atoms with van der Waals surface area (Å²) >= 11 is 0. The van der Waals surface area contributed by atoms with Gasteiger partial charge in [0.05, 0.1) is 16.5 Å². The van der Waals surface area contributed by atoms with Gasteiger partial charge < -0.3 is 5.32 Å². The highest BCUT2D eigenvalue weighted by Gasteiger charge is 2.31. The van der Waals surface area contributed by atoms with Crippen molar-refractivity contribution in [3.63, 3.8) is 0 Å². The standard InChI is InChI=1S/C13H17N3O2S/c1-10-7-12(8-14)3-4-13(10)19(17,18)16-6-5-15-9-11(16)2/h3-4,7,11,15H,5-6,9H2,1-2H3. The second kappa shape index (κ2) is 5.29. The molecule has 102 valence electrons. The number of sulfonamides is 1. The minimum atomic E-state index is -3.48. The second-order valence-electron chi connectivity index (χ2n) is 4.76. The van der Waals surface area contributed by atoms with E-state index < -0.39 is 10.0 Å². The lowest BCUT2D eigenvalue weighted by atomic mass is 10.2. The number of aryl methyl sites for hydroxylation is 1. The number of rotatable bonds is 2. The highest BCUT2D eigenvalue weighted by atomic mass is 32.2. The maximum Gasteiger partial charge on any atom is 0.243 e. The van der Waals surface area contributed by atoms with Crippen molar-refractivity contribution in [3.8, 4) is 6.07 Å². The van der Waals surface area contributed by atoms with Gasteiger partial charge in [0.25, 0.3) is 0 Å². The van der Waals surface area contributed by atoms with E-state index in [-0.39, 0.29) is 6.04 Å². The molecule has 1 saturated heterocycles. The summed E-state index contributed by atoms with van der Waals surface area (Å²) in [5.74, 6) is 0. The van der Waals surface area contributed by atoms with Gasteiger partial charge in [0.2, 0.25) is 10.0 Å². The Morgan fingerprint density at radius 2 is 2.21 bits per heavy atom. The molecule has 0 bridgehead atoms. The number of benzene rings is 1. The summed E-state index contributed by atoms with van der Waals surface area (Å²) in [5, 5.41) is 12.0. The van der Waals surface area contributed by atoms with Crippen LogP contribution in [0.3, 0.4) is 0 Å². The van der Waals surface area contributed by atoms with Crippen LogP contribution >= 0.6 is 0 Å². The number of hydrogen-bond donors (Lipinski definition) is 1. The Bertz CT molecular complexity index is 619. The van der Waals surface area contributed by atoms with Gasteiger partial charge in [-0.25, -0.2) is 8.42 Å². The summed E-state index contributed by atoms with van der Waals surface area (Å²) in [6.07, 6.45) is 0. The predicted molar refractivity (Wildman–Crippen MR) is 72.1 cm³/mol. The molecule has 1 heterocycles. The zero-order chi connectivity index (χ0) is 14.0. The van der Waals surface area contributed by atoms with Crippen LogP contribution in [0, 0.1) is 18.3 Å². The molecule has 19 heavy (non-hydrogen) atoms. The Kier molecular flexibility index (Phi) is 3.90. The Hall–Kier alpha value is -1.42. The van der Waals surface area contributed by atoms with Crippen LogP contribution in [0.5, 0.6) is 0 Å². The molecular weight excluding hydrogens is 262 g/mol. The van der Waals surface area contributed by atoms with E-state index in [1.54, 1.807) is 19.1 Å². The third-order valence-corrected chi connectivity index (χ3v) is 5.50. The number of nitrogens with zero attached hydrogens (tertiary/aromatic N) is 2. The Morgan fingerprint density at radius 3 is 2.79 bits per heavy atom. The van der Waals surface area contributed by atoms with E-state index in [0.717, 1.165) is 0 Å². The SMILES string of the molecule is Cc1cc(C#N)ccc1S(=O)(=O)N1CCNCC1C. The molecule has 1 aromatic rings. The Balaban J connectivity index is 2.42. The van der Waals surface area contributed by atoms with E-state index in [9.17, 15) is 8.42 Å². The Labute approximate surface area is 113 Å². The van der Waals surface area contributed by atoms with Crippen molar-refractivity contribution < 1.29 is 8.42 Å². The first-order valence-corrected chi connectivity index (χ1v) is 7.64. The predicted octanol–water partition coefficient (Wildman–Crippen LogP) is 0.849. The molecule has 1 N–H and O–H groups in total. The number of nitrogens with one attached hydrogen (secondary N) is 1. The average Bonchev–Trinajstić information content (AvgIpc) is 2.38. The van der Waals surface area contributed by atoms with Crippen molar-refractivity contribution in [1.82, 2.24) is 9.62 Å². The lowest BCUT2D eigenvalue weighted by Gasteiger charge is -2.33. The zero-order valence-corrected chi connectivity index (χ0v) is 11.9. The molecule has 0 aliphatic carbocycles. The topological polar surface area (TPSA) is 73.2 Å². The second-order valence-corrected chi connectivity index (χ2v) is 6.62. The van der Waals surface area contributed by atoms with Gasteiger partial charge in [-0.3, -0.25) is 0 Å². The summed E-state index contributed by atoms with van der Waals surface area (Å²) in [4.78, 5) is 0.292. The van der Waals surface area contributed by atoms with Gasteiger partial charge in [-0.15, -0.1) is 0 Å². The summed E-state index contributed by atoms with van der Waals surface area (Å²) < 4.78 is 26.8. The van der Waals surface area contributed by atoms with Crippen LogP contribution in [-0.4, -0.2) is 38.4 Å². The van der Waals surface area contributed by atoms with Crippen molar-refractivity contribution in [2.24, 2.45) is 0 Å². The van der Waals surface area contributed by atoms with Gasteiger partial charge in [0, 0.05) is 25.7 Å². The molecule has 0 aromatic heterocycles. The van der Waals surface area contributed by atoms with Crippen LogP contribution in [0.15, 0.2) is 23.1 Å². The Morgan fingerprint density at radius 1 is 1.47 bits per heavy atom. The van der Waals surface area contributed by atoms with Gasteiger partial charge in [-0.05, 0) is 37.6 Å². The minimum absolute atomic E-state index is 0.0613. The molecule has 5 nitrogen and oxygen atoms in total. The first-order chi connectivity index (χ1) is 8.96. The van der Waals surface area contributed by atoms with E-state index in [4.69, 9.17) is 5.26 Å². The van der Waals surface area contributed by atoms with Crippen LogP contribution in [0.2, 0.25) is 0 Å². The van der Waals surface area contributed by atoms with Gasteiger partial charge in [-0.2, -0.15) is 9.57 Å². The number of piperazine rings is 1. The fraction of sp³-hybridized carbons (Fsp3) is 0.462. The third-order valence-electron chi connectivity index (χ3n) is 3.33. The van der Waals surface area contributed by atoms with Crippen LogP contribution in [-0.2, 0) is 10.0 Å². The molecule has 0 saturated carbocycles. The van der Waals surface area contributed by atoms with E-state index >= 15 is 0 Å². The highest BCUT2D eigenvalue weighted by Crippen LogP contribution is 2.23. The van der Waals surface area contributed by atoms with Crippen LogP contribution in [0.4, 0.5) is 0 Å². The van der Waals surface area contributed by atoms with E-state index in [2.05, 4.69) is 5.32 Å². The third kappa shape index (κ3) is 2.63. The number of hydrogen-bond acceptors (Lipinski definition) is 4. The molecule has 1 fully saturated rings. The molecule has 0 radical (unpaired) electrons. The van der Waals surface area contributed by atoms with Crippen molar-refractivity contribution in [3.05, 3.63) is 29.3 Å². The lowest BCUT2D eigenvalue weighted by Crippen LogP contribution is -2.52. The van der Waals surface area contributed by atoms with E-state index in [0.29, 0.717) is 35.7 Å². The van der Waals surface area contributed by atoms with Crippen LogP contribution < -0.4 is 5.32 Å². The first-order valence-electron chi connectivity index (χ1n) is 6.20. The van der Waals surface area contributed by atoms with Gasteiger partial charge >= 0.3 is 0 Å². The number of nitriles is 1. The van der Waals surface area contributed by atoms with Crippen molar-refractivity contribution >= 4 is 10.0 Å². The maximum atomic E-state index is 12.6. The van der Waals surface area contributed by atoms with Crippen molar-refractivity contribution in [2.45, 2.75) is 24.8 Å². The molecule has 2 rings (SSSR count). The van der Waals surface area contributed by atoms with Crippen LogP contribution in [0.25, 0.3) is 0 Å². The molecule has 1 aromatic carbocycles. The first kappa shape index (κ1) is 14.0. The fourth-order valence-electron chi connectivity index (χ4n) is 2.31. The summed E-state index contributed by atoms with van der Waals surface area (Å²) in [6.45, 7) is 5.42. The monoisotopic (exact) mass is 279 g/mol. The van der Waals surface area contributed by atoms with Crippen molar-refractivity contribution in [1.29, 1.82) is 5.26 Å². The lowest BCUT2D eigenvalue weighted by molar-refractivity contribution is 0.283. The van der Waals surface area contributed by atoms with Gasteiger partial charge in [-0.1, -0.05) is 0 Å². The summed E-state index contributed by atoms with van der Waals surface area (Å²) in [6, 6.07) is 6.64. The van der Waals surface area contributed by atoms with Gasteiger partial charge in [0.1, 0.15) is 0 Å². The fourth-order valence-corrected chi connectivity index (χ4v) is 4.15. The molecular formula is C13H17N3O2S. The highest BCUT2D eigenvalue weighted by molar-refractivity contribution is 7.89. The summed E-state index contributed by atoms with van der Waals surface area (Å²) in [7, 11) is -3.48. The molecule has 1 aliphatic heterocycles. The molecule has 0 spiro atoms. The molecule has 1 atom stereocenters. The molecule has 0 amide bonds. The van der Waals surface area contributed by atoms with Gasteiger partial charge in [0.15, 0.2) is 0 Å². The molecule has 1 aliphatic rings. The van der Waals surface area contributed by atoms with Crippen molar-refractivity contribution in [2.75, 3.05) is 19.6 Å². The largest absolute Gasteiger partial charge is 0.314 e. The normalized spacial score (nSPS) is 21.0. The van der Waals surface area contributed by atoms with E-state index in [1.807, 2.05) is 13.0 Å². The van der Waals surface area contributed by atoms with E-state index in [1.165, 1.54) is 10.4 Å². The maximum absolute atomic E-state index is 12.6. The molecule has 1 unspecified atom stereocenters. The smallest absolute Gasteiger partial charge is 0.243 e.